The molecular weight excluding hydrogens is 313 g/mol. The van der Waals surface area contributed by atoms with Crippen LogP contribution in [0.2, 0.25) is 0 Å². The maximum Gasteiger partial charge on any atom is 0.249 e. The number of aromatic nitrogens is 3. The van der Waals surface area contributed by atoms with Crippen molar-refractivity contribution in [2.45, 2.75) is 0 Å². The van der Waals surface area contributed by atoms with Gasteiger partial charge in [-0.15, -0.1) is 10.2 Å². The first-order valence-electron chi connectivity index (χ1n) is 5.43. The van der Waals surface area contributed by atoms with Crippen molar-refractivity contribution in [1.29, 1.82) is 0 Å². The zero-order chi connectivity index (χ0) is 13.2. The lowest BCUT2D eigenvalue weighted by Crippen LogP contribution is -1.80. The molecule has 0 radical (unpaired) electrons. The Morgan fingerprint density at radius 1 is 0.947 bits per heavy atom. The standard InChI is InChI=1S/C13H7BrFN3O/c14-10-5-9(6-16-7-10)13-18-17-12(19-13)8-1-3-11(15)4-2-8/h1-7H. The summed E-state index contributed by atoms with van der Waals surface area (Å²) in [5.41, 5.74) is 1.39. The van der Waals surface area contributed by atoms with Crippen molar-refractivity contribution < 1.29 is 8.81 Å². The zero-order valence-corrected chi connectivity index (χ0v) is 11.1. The Labute approximate surface area is 116 Å². The van der Waals surface area contributed by atoms with Crippen LogP contribution in [0.15, 0.2) is 51.6 Å². The van der Waals surface area contributed by atoms with Gasteiger partial charge in [-0.25, -0.2) is 4.39 Å². The van der Waals surface area contributed by atoms with Gasteiger partial charge < -0.3 is 4.42 Å². The molecule has 0 unspecified atom stereocenters. The molecule has 0 aliphatic heterocycles. The summed E-state index contributed by atoms with van der Waals surface area (Å²) in [5.74, 6) is 0.405. The third-order valence-electron chi connectivity index (χ3n) is 2.47. The molecule has 0 fully saturated rings. The smallest absolute Gasteiger partial charge is 0.249 e. The normalized spacial score (nSPS) is 10.6. The molecule has 1 aromatic carbocycles. The SMILES string of the molecule is Fc1ccc(-c2nnc(-c3cncc(Br)c3)o2)cc1. The fourth-order valence-electron chi connectivity index (χ4n) is 1.58. The van der Waals surface area contributed by atoms with Gasteiger partial charge in [0, 0.05) is 22.4 Å². The van der Waals surface area contributed by atoms with E-state index < -0.39 is 0 Å². The van der Waals surface area contributed by atoms with Crippen LogP contribution in [-0.4, -0.2) is 15.2 Å². The van der Waals surface area contributed by atoms with Crippen LogP contribution >= 0.6 is 15.9 Å². The van der Waals surface area contributed by atoms with E-state index in [1.165, 1.54) is 12.1 Å². The van der Waals surface area contributed by atoms with Crippen molar-refractivity contribution in [2.75, 3.05) is 0 Å². The Morgan fingerprint density at radius 3 is 2.32 bits per heavy atom. The average Bonchev–Trinajstić information content (AvgIpc) is 2.89. The first-order chi connectivity index (χ1) is 9.22. The van der Waals surface area contributed by atoms with Crippen molar-refractivity contribution in [3.05, 3.63) is 53.0 Å². The molecule has 94 valence electrons. The molecule has 0 amide bonds. The summed E-state index contributed by atoms with van der Waals surface area (Å²) in [6.45, 7) is 0. The Balaban J connectivity index is 1.97. The van der Waals surface area contributed by atoms with E-state index in [-0.39, 0.29) is 5.82 Å². The van der Waals surface area contributed by atoms with Crippen molar-refractivity contribution >= 4 is 15.9 Å². The summed E-state index contributed by atoms with van der Waals surface area (Å²) in [5, 5.41) is 7.90. The summed E-state index contributed by atoms with van der Waals surface area (Å²) >= 11 is 3.33. The Morgan fingerprint density at radius 2 is 1.63 bits per heavy atom. The van der Waals surface area contributed by atoms with Crippen molar-refractivity contribution in [2.24, 2.45) is 0 Å². The topological polar surface area (TPSA) is 51.8 Å². The fourth-order valence-corrected chi connectivity index (χ4v) is 1.94. The van der Waals surface area contributed by atoms with Crippen LogP contribution in [-0.2, 0) is 0 Å². The third-order valence-corrected chi connectivity index (χ3v) is 2.90. The Kier molecular flexibility index (Phi) is 3.08. The van der Waals surface area contributed by atoms with Crippen LogP contribution in [0.3, 0.4) is 0 Å². The van der Waals surface area contributed by atoms with Crippen LogP contribution in [0.4, 0.5) is 4.39 Å². The molecule has 0 saturated carbocycles. The van der Waals surface area contributed by atoms with Gasteiger partial charge in [0.15, 0.2) is 0 Å². The second-order valence-electron chi connectivity index (χ2n) is 3.81. The van der Waals surface area contributed by atoms with Crippen molar-refractivity contribution in [3.8, 4) is 22.9 Å². The van der Waals surface area contributed by atoms with Gasteiger partial charge in [0.2, 0.25) is 11.8 Å². The number of nitrogens with zero attached hydrogens (tertiary/aromatic N) is 3. The van der Waals surface area contributed by atoms with E-state index in [4.69, 9.17) is 4.42 Å². The van der Waals surface area contributed by atoms with Crippen LogP contribution in [0, 0.1) is 5.82 Å². The van der Waals surface area contributed by atoms with Crippen molar-refractivity contribution in [3.63, 3.8) is 0 Å². The van der Waals surface area contributed by atoms with Crippen LogP contribution in [0.25, 0.3) is 22.9 Å². The minimum absolute atomic E-state index is 0.306. The number of hydrogen-bond donors (Lipinski definition) is 0. The second-order valence-corrected chi connectivity index (χ2v) is 4.73. The number of pyridine rings is 1. The molecule has 0 bridgehead atoms. The van der Waals surface area contributed by atoms with Crippen LogP contribution in [0.1, 0.15) is 0 Å². The van der Waals surface area contributed by atoms with Crippen LogP contribution in [0.5, 0.6) is 0 Å². The van der Waals surface area contributed by atoms with E-state index in [2.05, 4.69) is 31.1 Å². The largest absolute Gasteiger partial charge is 0.416 e. The summed E-state index contributed by atoms with van der Waals surface area (Å²) in [7, 11) is 0. The van der Waals surface area contributed by atoms with Gasteiger partial charge in [0.1, 0.15) is 5.82 Å². The lowest BCUT2D eigenvalue weighted by molar-refractivity contribution is 0.583. The minimum Gasteiger partial charge on any atom is -0.416 e. The highest BCUT2D eigenvalue weighted by Crippen LogP contribution is 2.24. The molecule has 0 aliphatic carbocycles. The quantitative estimate of drug-likeness (QED) is 0.722. The molecule has 3 aromatic rings. The summed E-state index contributed by atoms with van der Waals surface area (Å²) in [6, 6.07) is 7.70. The lowest BCUT2D eigenvalue weighted by Gasteiger charge is -1.95. The maximum absolute atomic E-state index is 12.8. The molecule has 2 aromatic heterocycles. The fraction of sp³-hybridized carbons (Fsp3) is 0. The molecule has 0 aliphatic rings. The highest BCUT2D eigenvalue weighted by molar-refractivity contribution is 9.10. The Hall–Kier alpha value is -2.08. The van der Waals surface area contributed by atoms with Gasteiger partial charge in [-0.3, -0.25) is 4.98 Å². The van der Waals surface area contributed by atoms with Gasteiger partial charge in [-0.2, -0.15) is 0 Å². The maximum atomic E-state index is 12.8. The van der Waals surface area contributed by atoms with Gasteiger partial charge >= 0.3 is 0 Å². The highest BCUT2D eigenvalue weighted by Gasteiger charge is 2.11. The molecule has 19 heavy (non-hydrogen) atoms. The average molecular weight is 320 g/mol. The van der Waals surface area contributed by atoms with Gasteiger partial charge in [-0.05, 0) is 46.3 Å². The van der Waals surface area contributed by atoms with E-state index in [1.54, 1.807) is 24.5 Å². The molecule has 0 saturated heterocycles. The third kappa shape index (κ3) is 2.53. The zero-order valence-electron chi connectivity index (χ0n) is 9.55. The van der Waals surface area contributed by atoms with Gasteiger partial charge in [0.25, 0.3) is 0 Å². The molecule has 6 heteroatoms. The molecule has 4 nitrogen and oxygen atoms in total. The first kappa shape index (κ1) is 12.0. The molecule has 3 rings (SSSR count). The highest BCUT2D eigenvalue weighted by atomic mass is 79.9. The van der Waals surface area contributed by atoms with Gasteiger partial charge in [0.05, 0.1) is 5.56 Å². The summed E-state index contributed by atoms with van der Waals surface area (Å²) in [6.07, 6.45) is 3.30. The molecule has 2 heterocycles. The predicted molar refractivity (Wildman–Crippen MR) is 70.6 cm³/mol. The molecule has 0 atom stereocenters. The number of hydrogen-bond acceptors (Lipinski definition) is 4. The summed E-state index contributed by atoms with van der Waals surface area (Å²) in [4.78, 5) is 4.03. The van der Waals surface area contributed by atoms with E-state index in [0.29, 0.717) is 17.3 Å². The Bertz CT molecular complexity index is 712. The first-order valence-corrected chi connectivity index (χ1v) is 6.22. The van der Waals surface area contributed by atoms with E-state index in [1.807, 2.05) is 6.07 Å². The predicted octanol–water partition coefficient (Wildman–Crippen LogP) is 3.70. The number of halogens is 2. The number of benzene rings is 1. The van der Waals surface area contributed by atoms with Crippen molar-refractivity contribution in [1.82, 2.24) is 15.2 Å². The van der Waals surface area contributed by atoms with Gasteiger partial charge in [-0.1, -0.05) is 0 Å². The molecular formula is C13H7BrFN3O. The van der Waals surface area contributed by atoms with Crippen LogP contribution < -0.4 is 0 Å². The van der Waals surface area contributed by atoms with E-state index in [9.17, 15) is 4.39 Å². The van der Waals surface area contributed by atoms with E-state index in [0.717, 1.165) is 10.0 Å². The van der Waals surface area contributed by atoms with E-state index >= 15 is 0 Å². The number of rotatable bonds is 2. The second kappa shape index (κ2) is 4.89. The minimum atomic E-state index is -0.306. The lowest BCUT2D eigenvalue weighted by atomic mass is 10.2. The molecule has 0 spiro atoms. The molecule has 0 N–H and O–H groups in total. The summed E-state index contributed by atoms with van der Waals surface area (Å²) < 4.78 is 19.2. The monoisotopic (exact) mass is 319 g/mol.